The summed E-state index contributed by atoms with van der Waals surface area (Å²) >= 11 is 0. The smallest absolute Gasteiger partial charge is 0.260 e. The van der Waals surface area contributed by atoms with E-state index in [4.69, 9.17) is 4.74 Å². The number of carbonyl (C=O) groups excluding carboxylic acids is 1. The molecule has 0 saturated heterocycles. The molecule has 1 fully saturated rings. The molecule has 1 aliphatic rings. The van der Waals surface area contributed by atoms with Gasteiger partial charge in [-0.05, 0) is 44.9 Å². The molecule has 2 rings (SSSR count). The lowest BCUT2D eigenvalue weighted by molar-refractivity contribution is -0.128. The van der Waals surface area contributed by atoms with Crippen molar-refractivity contribution >= 4 is 5.91 Å². The van der Waals surface area contributed by atoms with Gasteiger partial charge in [0.1, 0.15) is 11.6 Å². The standard InChI is InChI=1S/C16H22FNO3/c1-10(19)14-9-12(17)7-8-15(14)21-11(2)16(20)18-13-5-3-4-6-13/h7-11,13,19H,3-6H2,1-2H3,(H,18,20)/t10-,11?/m0/s1. The maximum Gasteiger partial charge on any atom is 0.260 e. The summed E-state index contributed by atoms with van der Waals surface area (Å²) in [5.74, 6) is -0.287. The van der Waals surface area contributed by atoms with Crippen LogP contribution in [-0.2, 0) is 4.79 Å². The van der Waals surface area contributed by atoms with Gasteiger partial charge < -0.3 is 15.2 Å². The average Bonchev–Trinajstić information content (AvgIpc) is 2.93. The van der Waals surface area contributed by atoms with E-state index in [0.717, 1.165) is 25.7 Å². The lowest BCUT2D eigenvalue weighted by atomic mass is 10.1. The fourth-order valence-corrected chi connectivity index (χ4v) is 2.59. The van der Waals surface area contributed by atoms with Crippen LogP contribution in [0.3, 0.4) is 0 Å². The van der Waals surface area contributed by atoms with E-state index < -0.39 is 18.0 Å². The molecule has 5 heteroatoms. The number of ether oxygens (including phenoxy) is 1. The van der Waals surface area contributed by atoms with Crippen LogP contribution in [-0.4, -0.2) is 23.2 Å². The van der Waals surface area contributed by atoms with Crippen LogP contribution in [0, 0.1) is 5.82 Å². The Labute approximate surface area is 124 Å². The van der Waals surface area contributed by atoms with Gasteiger partial charge in [0.25, 0.3) is 5.91 Å². The number of rotatable bonds is 5. The first-order chi connectivity index (χ1) is 9.97. The third-order valence-electron chi connectivity index (χ3n) is 3.80. The van der Waals surface area contributed by atoms with Crippen LogP contribution in [0.5, 0.6) is 5.75 Å². The van der Waals surface area contributed by atoms with Gasteiger partial charge in [-0.3, -0.25) is 4.79 Å². The highest BCUT2D eigenvalue weighted by Crippen LogP contribution is 2.27. The number of aliphatic hydroxyl groups excluding tert-OH is 1. The highest BCUT2D eigenvalue weighted by Gasteiger charge is 2.22. The number of benzene rings is 1. The first kappa shape index (κ1) is 15.8. The minimum Gasteiger partial charge on any atom is -0.481 e. The molecule has 0 aliphatic heterocycles. The summed E-state index contributed by atoms with van der Waals surface area (Å²) in [5, 5.41) is 12.6. The molecule has 0 heterocycles. The lowest BCUT2D eigenvalue weighted by Crippen LogP contribution is -2.41. The second-order valence-electron chi connectivity index (χ2n) is 5.61. The topological polar surface area (TPSA) is 58.6 Å². The molecule has 1 amide bonds. The molecule has 116 valence electrons. The molecule has 4 nitrogen and oxygen atoms in total. The fourth-order valence-electron chi connectivity index (χ4n) is 2.59. The summed E-state index contributed by atoms with van der Waals surface area (Å²) in [6.45, 7) is 3.18. The number of hydrogen-bond donors (Lipinski definition) is 2. The largest absolute Gasteiger partial charge is 0.481 e. The maximum absolute atomic E-state index is 13.2. The third kappa shape index (κ3) is 4.17. The predicted molar refractivity (Wildman–Crippen MR) is 77.5 cm³/mol. The zero-order valence-corrected chi connectivity index (χ0v) is 12.4. The van der Waals surface area contributed by atoms with E-state index in [2.05, 4.69) is 5.32 Å². The van der Waals surface area contributed by atoms with Crippen molar-refractivity contribution in [3.8, 4) is 5.75 Å². The number of nitrogens with one attached hydrogen (secondary N) is 1. The number of halogens is 1. The van der Waals surface area contributed by atoms with E-state index in [0.29, 0.717) is 11.3 Å². The van der Waals surface area contributed by atoms with E-state index in [9.17, 15) is 14.3 Å². The Bertz CT molecular complexity index is 498. The zero-order valence-electron chi connectivity index (χ0n) is 12.4. The first-order valence-corrected chi connectivity index (χ1v) is 7.42. The molecule has 1 unspecified atom stereocenters. The minimum absolute atomic E-state index is 0.178. The summed E-state index contributed by atoms with van der Waals surface area (Å²) in [4.78, 5) is 12.1. The summed E-state index contributed by atoms with van der Waals surface area (Å²) in [6.07, 6.45) is 2.76. The van der Waals surface area contributed by atoms with Gasteiger partial charge in [0.2, 0.25) is 0 Å². The molecule has 2 atom stereocenters. The Kier molecular flexibility index (Phi) is 5.17. The first-order valence-electron chi connectivity index (χ1n) is 7.42. The Balaban J connectivity index is 2.01. The summed E-state index contributed by atoms with van der Waals surface area (Å²) in [5.41, 5.74) is 0.343. The van der Waals surface area contributed by atoms with Gasteiger partial charge in [0.05, 0.1) is 6.10 Å². The van der Waals surface area contributed by atoms with E-state index in [1.165, 1.54) is 25.1 Å². The molecule has 0 aromatic heterocycles. The summed E-state index contributed by atoms with van der Waals surface area (Å²) in [6, 6.07) is 4.15. The van der Waals surface area contributed by atoms with Gasteiger partial charge in [-0.25, -0.2) is 4.39 Å². The number of hydrogen-bond acceptors (Lipinski definition) is 3. The van der Waals surface area contributed by atoms with Gasteiger partial charge in [0.15, 0.2) is 6.10 Å². The van der Waals surface area contributed by atoms with Gasteiger partial charge in [-0.1, -0.05) is 12.8 Å². The predicted octanol–water partition coefficient (Wildman–Crippen LogP) is 2.71. The Morgan fingerprint density at radius 2 is 2.05 bits per heavy atom. The van der Waals surface area contributed by atoms with Crippen molar-refractivity contribution in [3.05, 3.63) is 29.6 Å². The van der Waals surface area contributed by atoms with Gasteiger partial charge in [0, 0.05) is 11.6 Å². The van der Waals surface area contributed by atoms with Crippen molar-refractivity contribution in [2.75, 3.05) is 0 Å². The second kappa shape index (κ2) is 6.89. The van der Waals surface area contributed by atoms with Crippen LogP contribution >= 0.6 is 0 Å². The van der Waals surface area contributed by atoms with E-state index in [1.807, 2.05) is 0 Å². The molecule has 0 bridgehead atoms. The van der Waals surface area contributed by atoms with Crippen LogP contribution in [0.2, 0.25) is 0 Å². The van der Waals surface area contributed by atoms with Crippen molar-refractivity contribution in [1.29, 1.82) is 0 Å². The number of amides is 1. The van der Waals surface area contributed by atoms with Gasteiger partial charge in [-0.2, -0.15) is 0 Å². The molecule has 21 heavy (non-hydrogen) atoms. The van der Waals surface area contributed by atoms with Crippen LogP contribution in [0.4, 0.5) is 4.39 Å². The highest BCUT2D eigenvalue weighted by molar-refractivity contribution is 5.81. The van der Waals surface area contributed by atoms with Crippen molar-refractivity contribution in [1.82, 2.24) is 5.32 Å². The third-order valence-corrected chi connectivity index (χ3v) is 3.80. The molecule has 1 aromatic carbocycles. The summed E-state index contributed by atoms with van der Waals surface area (Å²) < 4.78 is 18.8. The van der Waals surface area contributed by atoms with E-state index >= 15 is 0 Å². The van der Waals surface area contributed by atoms with Crippen LogP contribution in [0.25, 0.3) is 0 Å². The SMILES string of the molecule is CC(Oc1ccc(F)cc1[C@H](C)O)C(=O)NC1CCCC1. The molecular weight excluding hydrogens is 273 g/mol. The molecular formula is C16H22FNO3. The number of aliphatic hydroxyl groups is 1. The van der Waals surface area contributed by atoms with E-state index in [-0.39, 0.29) is 11.9 Å². The Morgan fingerprint density at radius 1 is 1.38 bits per heavy atom. The monoisotopic (exact) mass is 295 g/mol. The zero-order chi connectivity index (χ0) is 15.4. The minimum atomic E-state index is -0.860. The van der Waals surface area contributed by atoms with Crippen molar-refractivity contribution in [3.63, 3.8) is 0 Å². The maximum atomic E-state index is 13.2. The molecule has 0 radical (unpaired) electrons. The number of carbonyl (C=O) groups is 1. The molecule has 1 aromatic rings. The Morgan fingerprint density at radius 3 is 2.67 bits per heavy atom. The molecule has 0 spiro atoms. The summed E-state index contributed by atoms with van der Waals surface area (Å²) in [7, 11) is 0. The molecule has 1 saturated carbocycles. The van der Waals surface area contributed by atoms with Crippen molar-refractivity contribution in [2.45, 2.75) is 57.8 Å². The lowest BCUT2D eigenvalue weighted by Gasteiger charge is -2.20. The van der Waals surface area contributed by atoms with Crippen LogP contribution in [0.15, 0.2) is 18.2 Å². The normalized spacial score (nSPS) is 18.3. The quantitative estimate of drug-likeness (QED) is 0.878. The molecule has 1 aliphatic carbocycles. The van der Waals surface area contributed by atoms with Crippen molar-refractivity contribution < 1.29 is 19.0 Å². The molecule has 2 N–H and O–H groups in total. The fraction of sp³-hybridized carbons (Fsp3) is 0.562. The van der Waals surface area contributed by atoms with Crippen molar-refractivity contribution in [2.24, 2.45) is 0 Å². The average molecular weight is 295 g/mol. The second-order valence-corrected chi connectivity index (χ2v) is 5.61. The highest BCUT2D eigenvalue weighted by atomic mass is 19.1. The van der Waals surface area contributed by atoms with Gasteiger partial charge in [-0.15, -0.1) is 0 Å². The Hall–Kier alpha value is -1.62. The van der Waals surface area contributed by atoms with Crippen LogP contribution < -0.4 is 10.1 Å². The van der Waals surface area contributed by atoms with Crippen LogP contribution in [0.1, 0.15) is 51.2 Å². The van der Waals surface area contributed by atoms with Gasteiger partial charge >= 0.3 is 0 Å². The van der Waals surface area contributed by atoms with E-state index in [1.54, 1.807) is 6.92 Å².